The van der Waals surface area contributed by atoms with Crippen molar-refractivity contribution in [3.05, 3.63) is 0 Å². The minimum absolute atomic E-state index is 0.126. The molecule has 0 aromatic heterocycles. The van der Waals surface area contributed by atoms with E-state index < -0.39 is 24.0 Å². The molecule has 0 rings (SSSR count). The standard InChI is InChI=1S/C24H45BrN2O4/c1-4-5-6-7-8-9-10-11-12-13-14-15-16-17-18-31-24(30)21(3)27-23(29)20(2)26-22(28)19-25/h20-21H,4-19H2,1-3H3,(H,26,28)(H,27,29)/t20-,21-/m0/s1. The molecule has 6 nitrogen and oxygen atoms in total. The monoisotopic (exact) mass is 504 g/mol. The summed E-state index contributed by atoms with van der Waals surface area (Å²) in [6, 6.07) is -1.44. The van der Waals surface area contributed by atoms with Crippen molar-refractivity contribution in [2.45, 2.75) is 123 Å². The van der Waals surface area contributed by atoms with Crippen LogP contribution in [0, 0.1) is 0 Å². The molecule has 0 radical (unpaired) electrons. The number of hydrogen-bond donors (Lipinski definition) is 2. The molecule has 0 heterocycles. The Labute approximate surface area is 198 Å². The second kappa shape index (κ2) is 20.8. The van der Waals surface area contributed by atoms with Crippen LogP contribution in [0.15, 0.2) is 0 Å². The highest BCUT2D eigenvalue weighted by molar-refractivity contribution is 9.09. The molecular weight excluding hydrogens is 460 g/mol. The van der Waals surface area contributed by atoms with Crippen molar-refractivity contribution >= 4 is 33.7 Å². The van der Waals surface area contributed by atoms with E-state index in [9.17, 15) is 14.4 Å². The summed E-state index contributed by atoms with van der Waals surface area (Å²) in [5.41, 5.74) is 0. The van der Waals surface area contributed by atoms with E-state index in [2.05, 4.69) is 33.5 Å². The first-order valence-corrected chi connectivity index (χ1v) is 13.4. The fourth-order valence-electron chi connectivity index (χ4n) is 3.34. The highest BCUT2D eigenvalue weighted by Gasteiger charge is 2.21. The van der Waals surface area contributed by atoms with Crippen molar-refractivity contribution in [1.29, 1.82) is 0 Å². The summed E-state index contributed by atoms with van der Waals surface area (Å²) in [7, 11) is 0. The Balaban J connectivity index is 3.54. The number of carbonyl (C=O) groups excluding carboxylic acids is 3. The van der Waals surface area contributed by atoms with Crippen molar-refractivity contribution in [3.63, 3.8) is 0 Å². The minimum atomic E-state index is -0.734. The summed E-state index contributed by atoms with van der Waals surface area (Å²) in [5, 5.41) is 5.22. The number of unbranched alkanes of at least 4 members (excludes halogenated alkanes) is 13. The predicted molar refractivity (Wildman–Crippen MR) is 130 cm³/mol. The number of ether oxygens (including phenoxy) is 1. The second-order valence-electron chi connectivity index (χ2n) is 8.42. The summed E-state index contributed by atoms with van der Waals surface area (Å²) in [4.78, 5) is 35.2. The van der Waals surface area contributed by atoms with Crippen molar-refractivity contribution in [2.75, 3.05) is 11.9 Å². The quantitative estimate of drug-likeness (QED) is 0.132. The first-order valence-electron chi connectivity index (χ1n) is 12.2. The highest BCUT2D eigenvalue weighted by atomic mass is 79.9. The molecule has 0 aliphatic heterocycles. The van der Waals surface area contributed by atoms with E-state index in [1.807, 2.05) is 0 Å². The number of alkyl halides is 1. The largest absolute Gasteiger partial charge is 0.464 e. The molecule has 0 fully saturated rings. The lowest BCUT2D eigenvalue weighted by Crippen LogP contribution is -2.50. The number of esters is 1. The molecular formula is C24H45BrN2O4. The Morgan fingerprint density at radius 1 is 0.710 bits per heavy atom. The molecule has 0 bridgehead atoms. The molecule has 2 atom stereocenters. The fourth-order valence-corrected chi connectivity index (χ4v) is 3.50. The third kappa shape index (κ3) is 18.2. The van der Waals surface area contributed by atoms with E-state index >= 15 is 0 Å². The van der Waals surface area contributed by atoms with Crippen LogP contribution in [0.3, 0.4) is 0 Å². The van der Waals surface area contributed by atoms with Crippen molar-refractivity contribution in [3.8, 4) is 0 Å². The van der Waals surface area contributed by atoms with Gasteiger partial charge in [0.05, 0.1) is 11.9 Å². The zero-order valence-corrected chi connectivity index (χ0v) is 21.6. The summed E-state index contributed by atoms with van der Waals surface area (Å²) in [6.45, 7) is 5.80. The van der Waals surface area contributed by atoms with Gasteiger partial charge in [0.25, 0.3) is 0 Å². The molecule has 0 aromatic rings. The van der Waals surface area contributed by atoms with Gasteiger partial charge >= 0.3 is 5.97 Å². The zero-order valence-electron chi connectivity index (χ0n) is 20.0. The summed E-state index contributed by atoms with van der Waals surface area (Å²) < 4.78 is 5.25. The molecule has 0 unspecified atom stereocenters. The molecule has 0 aromatic carbocycles. The smallest absolute Gasteiger partial charge is 0.328 e. The van der Waals surface area contributed by atoms with Gasteiger partial charge in [0.1, 0.15) is 12.1 Å². The van der Waals surface area contributed by atoms with Gasteiger partial charge in [-0.05, 0) is 20.3 Å². The summed E-state index contributed by atoms with van der Waals surface area (Å²) in [6.07, 6.45) is 18.0. The third-order valence-corrected chi connectivity index (χ3v) is 5.86. The summed E-state index contributed by atoms with van der Waals surface area (Å²) in [5.74, 6) is -1.13. The molecule has 0 saturated heterocycles. The first kappa shape index (κ1) is 29.9. The number of carbonyl (C=O) groups is 3. The average Bonchev–Trinajstić information content (AvgIpc) is 2.75. The summed E-state index contributed by atoms with van der Waals surface area (Å²) >= 11 is 3.02. The molecule has 31 heavy (non-hydrogen) atoms. The Hall–Kier alpha value is -1.11. The molecule has 0 spiro atoms. The van der Waals surface area contributed by atoms with E-state index in [1.54, 1.807) is 13.8 Å². The molecule has 2 N–H and O–H groups in total. The van der Waals surface area contributed by atoms with Crippen molar-refractivity contribution in [1.82, 2.24) is 10.6 Å². The van der Waals surface area contributed by atoms with Gasteiger partial charge in [-0.2, -0.15) is 0 Å². The van der Waals surface area contributed by atoms with Crippen LogP contribution in [-0.2, 0) is 19.1 Å². The third-order valence-electron chi connectivity index (χ3n) is 5.35. The van der Waals surface area contributed by atoms with E-state index in [-0.39, 0.29) is 11.2 Å². The number of halogens is 1. The number of nitrogens with one attached hydrogen (secondary N) is 2. The van der Waals surface area contributed by atoms with Crippen LogP contribution in [0.4, 0.5) is 0 Å². The van der Waals surface area contributed by atoms with Gasteiger partial charge in [-0.3, -0.25) is 9.59 Å². The van der Waals surface area contributed by atoms with Gasteiger partial charge in [-0.25, -0.2) is 4.79 Å². The van der Waals surface area contributed by atoms with Gasteiger partial charge in [0, 0.05) is 0 Å². The van der Waals surface area contributed by atoms with Gasteiger partial charge in [0.15, 0.2) is 0 Å². The van der Waals surface area contributed by atoms with Crippen LogP contribution in [-0.4, -0.2) is 41.8 Å². The van der Waals surface area contributed by atoms with Gasteiger partial charge in [0.2, 0.25) is 11.8 Å². The van der Waals surface area contributed by atoms with Crippen molar-refractivity contribution < 1.29 is 19.1 Å². The van der Waals surface area contributed by atoms with E-state index in [0.29, 0.717) is 6.61 Å². The van der Waals surface area contributed by atoms with Crippen molar-refractivity contribution in [2.24, 2.45) is 0 Å². The number of rotatable bonds is 20. The Kier molecular flexibility index (Phi) is 20.0. The average molecular weight is 506 g/mol. The molecule has 0 aliphatic carbocycles. The Morgan fingerprint density at radius 2 is 1.16 bits per heavy atom. The molecule has 2 amide bonds. The Bertz CT molecular complexity index is 488. The van der Waals surface area contributed by atoms with E-state index in [4.69, 9.17) is 4.74 Å². The number of amides is 2. The van der Waals surface area contributed by atoms with Crippen LogP contribution >= 0.6 is 15.9 Å². The minimum Gasteiger partial charge on any atom is -0.464 e. The maximum Gasteiger partial charge on any atom is 0.328 e. The van der Waals surface area contributed by atoms with Gasteiger partial charge < -0.3 is 15.4 Å². The molecule has 0 saturated carbocycles. The normalized spacial score (nSPS) is 12.8. The Morgan fingerprint density at radius 3 is 1.61 bits per heavy atom. The topological polar surface area (TPSA) is 84.5 Å². The first-order chi connectivity index (χ1) is 14.9. The van der Waals surface area contributed by atoms with Crippen LogP contribution in [0.5, 0.6) is 0 Å². The van der Waals surface area contributed by atoms with Gasteiger partial charge in [-0.1, -0.05) is 106 Å². The van der Waals surface area contributed by atoms with Crippen LogP contribution in [0.25, 0.3) is 0 Å². The predicted octanol–water partition coefficient (Wildman–Crippen LogP) is 5.42. The zero-order chi connectivity index (χ0) is 23.3. The van der Waals surface area contributed by atoms with Crippen LogP contribution in [0.1, 0.15) is 111 Å². The maximum atomic E-state index is 12.0. The van der Waals surface area contributed by atoms with E-state index in [1.165, 1.54) is 77.0 Å². The van der Waals surface area contributed by atoms with Gasteiger partial charge in [-0.15, -0.1) is 0 Å². The maximum absolute atomic E-state index is 12.0. The SMILES string of the molecule is CCCCCCCCCCCCCCCCOC(=O)[C@H](C)NC(=O)[C@H](C)NC(=O)CBr. The highest BCUT2D eigenvalue weighted by Crippen LogP contribution is 2.13. The second-order valence-corrected chi connectivity index (χ2v) is 8.98. The van der Waals surface area contributed by atoms with Crippen LogP contribution < -0.4 is 10.6 Å². The number of hydrogen-bond acceptors (Lipinski definition) is 4. The lowest BCUT2D eigenvalue weighted by atomic mass is 10.0. The molecule has 0 aliphatic rings. The van der Waals surface area contributed by atoms with E-state index in [0.717, 1.165) is 12.8 Å². The fraction of sp³-hybridized carbons (Fsp3) is 0.875. The molecule has 7 heteroatoms. The lowest BCUT2D eigenvalue weighted by molar-refractivity contribution is -0.147. The van der Waals surface area contributed by atoms with Crippen LogP contribution in [0.2, 0.25) is 0 Å². The lowest BCUT2D eigenvalue weighted by Gasteiger charge is -2.17. The molecule has 182 valence electrons.